The quantitative estimate of drug-likeness (QED) is 0.718. The van der Waals surface area contributed by atoms with E-state index in [0.717, 1.165) is 13.2 Å². The summed E-state index contributed by atoms with van der Waals surface area (Å²) in [4.78, 5) is 0. The minimum absolute atomic E-state index is 0.151. The molecule has 0 bridgehead atoms. The van der Waals surface area contributed by atoms with Crippen LogP contribution >= 0.6 is 0 Å². The first-order chi connectivity index (χ1) is 9.54. The molecule has 0 saturated carbocycles. The Balaban J connectivity index is 2.67. The first-order valence-electron chi connectivity index (χ1n) is 7.95. The van der Waals surface area contributed by atoms with E-state index in [1.165, 1.54) is 24.0 Å². The van der Waals surface area contributed by atoms with Gasteiger partial charge in [-0.05, 0) is 30.4 Å². The summed E-state index contributed by atoms with van der Waals surface area (Å²) in [6.07, 6.45) is 2.61. The van der Waals surface area contributed by atoms with E-state index in [9.17, 15) is 0 Å². The maximum Gasteiger partial charge on any atom is 0.0951 e. The Hall–Kier alpha value is -0.860. The predicted octanol–water partition coefficient (Wildman–Crippen LogP) is 4.49. The van der Waals surface area contributed by atoms with Gasteiger partial charge >= 0.3 is 0 Å². The van der Waals surface area contributed by atoms with Crippen molar-refractivity contribution in [1.82, 2.24) is 5.32 Å². The highest BCUT2D eigenvalue weighted by atomic mass is 16.5. The van der Waals surface area contributed by atoms with Crippen LogP contribution in [-0.2, 0) is 4.74 Å². The fourth-order valence-electron chi connectivity index (χ4n) is 2.41. The second-order valence-corrected chi connectivity index (χ2v) is 6.14. The minimum atomic E-state index is 0.151. The summed E-state index contributed by atoms with van der Waals surface area (Å²) < 4.78 is 6.21. The van der Waals surface area contributed by atoms with Crippen LogP contribution in [0.4, 0.5) is 0 Å². The average Bonchev–Trinajstić information content (AvgIpc) is 2.40. The average molecular weight is 277 g/mol. The summed E-state index contributed by atoms with van der Waals surface area (Å²) in [6.45, 7) is 12.7. The fourth-order valence-corrected chi connectivity index (χ4v) is 2.41. The molecule has 1 N–H and O–H groups in total. The van der Waals surface area contributed by atoms with Crippen LogP contribution < -0.4 is 5.32 Å². The Morgan fingerprint density at radius 3 is 2.45 bits per heavy atom. The minimum Gasteiger partial charge on any atom is -0.372 e. The molecule has 0 aliphatic rings. The highest BCUT2D eigenvalue weighted by Crippen LogP contribution is 2.22. The van der Waals surface area contributed by atoms with E-state index in [2.05, 4.69) is 64.2 Å². The second-order valence-electron chi connectivity index (χ2n) is 6.14. The van der Waals surface area contributed by atoms with Gasteiger partial charge in [-0.25, -0.2) is 0 Å². The van der Waals surface area contributed by atoms with Crippen molar-refractivity contribution in [3.63, 3.8) is 0 Å². The van der Waals surface area contributed by atoms with Crippen LogP contribution in [0.5, 0.6) is 0 Å². The van der Waals surface area contributed by atoms with Crippen molar-refractivity contribution in [2.45, 2.75) is 59.6 Å². The molecule has 0 saturated heterocycles. The van der Waals surface area contributed by atoms with Crippen LogP contribution in [0.1, 0.15) is 57.8 Å². The summed E-state index contributed by atoms with van der Waals surface area (Å²) in [5.41, 5.74) is 2.62. The summed E-state index contributed by atoms with van der Waals surface area (Å²) in [6, 6.07) is 9.02. The maximum atomic E-state index is 6.21. The molecule has 0 aliphatic heterocycles. The molecular weight excluding hydrogens is 246 g/mol. The van der Waals surface area contributed by atoms with Gasteiger partial charge < -0.3 is 10.1 Å². The lowest BCUT2D eigenvalue weighted by Gasteiger charge is -2.23. The number of benzene rings is 1. The van der Waals surface area contributed by atoms with Crippen molar-refractivity contribution in [3.8, 4) is 0 Å². The molecule has 114 valence electrons. The summed E-state index contributed by atoms with van der Waals surface area (Å²) in [7, 11) is 0. The van der Waals surface area contributed by atoms with E-state index in [1.807, 2.05) is 0 Å². The molecule has 20 heavy (non-hydrogen) atoms. The van der Waals surface area contributed by atoms with Crippen LogP contribution in [0.15, 0.2) is 24.3 Å². The highest BCUT2D eigenvalue weighted by Gasteiger charge is 2.15. The van der Waals surface area contributed by atoms with Gasteiger partial charge in [-0.2, -0.15) is 0 Å². The molecule has 0 spiro atoms. The zero-order chi connectivity index (χ0) is 15.0. The molecule has 2 heteroatoms. The Morgan fingerprint density at radius 2 is 1.85 bits per heavy atom. The van der Waals surface area contributed by atoms with Crippen LogP contribution in [0.25, 0.3) is 0 Å². The van der Waals surface area contributed by atoms with E-state index in [-0.39, 0.29) is 6.10 Å². The van der Waals surface area contributed by atoms with Gasteiger partial charge in [0.25, 0.3) is 0 Å². The molecular formula is C18H31NO. The van der Waals surface area contributed by atoms with Crippen LogP contribution in [0.2, 0.25) is 0 Å². The molecule has 2 unspecified atom stereocenters. The Bertz CT molecular complexity index is 375. The summed E-state index contributed by atoms with van der Waals surface area (Å²) >= 11 is 0. The molecule has 0 aliphatic carbocycles. The number of ether oxygens (including phenoxy) is 1. The normalized spacial score (nSPS) is 14.5. The maximum absolute atomic E-state index is 6.21. The summed E-state index contributed by atoms with van der Waals surface area (Å²) in [5.74, 6) is 0.630. The topological polar surface area (TPSA) is 21.3 Å². The van der Waals surface area contributed by atoms with Gasteiger partial charge in [-0.3, -0.25) is 0 Å². The zero-order valence-corrected chi connectivity index (χ0v) is 13.8. The molecule has 1 aromatic carbocycles. The molecule has 0 radical (unpaired) electrons. The van der Waals surface area contributed by atoms with Gasteiger partial charge in [0.2, 0.25) is 0 Å². The van der Waals surface area contributed by atoms with Crippen molar-refractivity contribution >= 4 is 0 Å². The first kappa shape index (κ1) is 17.2. The van der Waals surface area contributed by atoms with E-state index < -0.39 is 0 Å². The van der Waals surface area contributed by atoms with E-state index in [4.69, 9.17) is 4.74 Å². The molecule has 2 atom stereocenters. The number of nitrogens with one attached hydrogen (secondary N) is 1. The SMILES string of the molecule is CCCC(C)COC(CNC(C)C)c1ccccc1C. The molecule has 2 nitrogen and oxygen atoms in total. The number of aryl methyl sites for hydroxylation is 1. The lowest BCUT2D eigenvalue weighted by molar-refractivity contribution is 0.0285. The lowest BCUT2D eigenvalue weighted by atomic mass is 10.0. The van der Waals surface area contributed by atoms with Gasteiger partial charge in [-0.1, -0.05) is 58.4 Å². The van der Waals surface area contributed by atoms with Gasteiger partial charge in [0.1, 0.15) is 0 Å². The largest absolute Gasteiger partial charge is 0.372 e. The van der Waals surface area contributed by atoms with Crippen molar-refractivity contribution < 1.29 is 4.74 Å². The van der Waals surface area contributed by atoms with Crippen LogP contribution in [0.3, 0.4) is 0 Å². The first-order valence-corrected chi connectivity index (χ1v) is 7.95. The molecule has 1 rings (SSSR count). The van der Waals surface area contributed by atoms with E-state index in [1.54, 1.807) is 0 Å². The second kappa shape index (κ2) is 9.15. The predicted molar refractivity (Wildman–Crippen MR) is 87.1 cm³/mol. The van der Waals surface area contributed by atoms with Gasteiger partial charge in [0.15, 0.2) is 0 Å². The smallest absolute Gasteiger partial charge is 0.0951 e. The number of hydrogen-bond acceptors (Lipinski definition) is 2. The van der Waals surface area contributed by atoms with E-state index >= 15 is 0 Å². The van der Waals surface area contributed by atoms with E-state index in [0.29, 0.717) is 12.0 Å². The molecule has 0 amide bonds. The third kappa shape index (κ3) is 6.06. The molecule has 0 fully saturated rings. The van der Waals surface area contributed by atoms with Gasteiger partial charge in [-0.15, -0.1) is 0 Å². The number of hydrogen-bond donors (Lipinski definition) is 1. The Morgan fingerprint density at radius 1 is 1.15 bits per heavy atom. The molecule has 0 heterocycles. The summed E-state index contributed by atoms with van der Waals surface area (Å²) in [5, 5.41) is 3.50. The van der Waals surface area contributed by atoms with Crippen molar-refractivity contribution in [3.05, 3.63) is 35.4 Å². The standard InChI is InChI=1S/C18H31NO/c1-6-9-15(4)13-20-18(12-19-14(2)3)17-11-8-7-10-16(17)5/h7-8,10-11,14-15,18-19H,6,9,12-13H2,1-5H3. The Labute approximate surface area is 124 Å². The fraction of sp³-hybridized carbons (Fsp3) is 0.667. The monoisotopic (exact) mass is 277 g/mol. The third-order valence-corrected chi connectivity index (χ3v) is 3.61. The van der Waals surface area contributed by atoms with Gasteiger partial charge in [0, 0.05) is 12.6 Å². The number of rotatable bonds is 9. The molecule has 0 aromatic heterocycles. The third-order valence-electron chi connectivity index (χ3n) is 3.61. The highest BCUT2D eigenvalue weighted by molar-refractivity contribution is 5.28. The Kier molecular flexibility index (Phi) is 7.86. The zero-order valence-electron chi connectivity index (χ0n) is 13.8. The lowest BCUT2D eigenvalue weighted by Crippen LogP contribution is -2.30. The van der Waals surface area contributed by atoms with Crippen LogP contribution in [0, 0.1) is 12.8 Å². The van der Waals surface area contributed by atoms with Crippen molar-refractivity contribution in [2.24, 2.45) is 5.92 Å². The van der Waals surface area contributed by atoms with Crippen LogP contribution in [-0.4, -0.2) is 19.2 Å². The van der Waals surface area contributed by atoms with Crippen molar-refractivity contribution in [2.75, 3.05) is 13.2 Å². The van der Waals surface area contributed by atoms with Gasteiger partial charge in [0.05, 0.1) is 12.7 Å². The van der Waals surface area contributed by atoms with Crippen molar-refractivity contribution in [1.29, 1.82) is 0 Å². The molecule has 1 aromatic rings.